The van der Waals surface area contributed by atoms with E-state index in [-0.39, 0.29) is 11.5 Å². The van der Waals surface area contributed by atoms with Gasteiger partial charge in [0.2, 0.25) is 0 Å². The van der Waals surface area contributed by atoms with Crippen LogP contribution in [0.2, 0.25) is 0 Å². The first kappa shape index (κ1) is 21.5. The van der Waals surface area contributed by atoms with Crippen molar-refractivity contribution in [2.45, 2.75) is 0 Å². The average Bonchev–Trinajstić information content (AvgIpc) is 3.52. The number of hydrogen-bond acceptors (Lipinski definition) is 6. The minimum absolute atomic E-state index is 0.0319. The van der Waals surface area contributed by atoms with Gasteiger partial charge in [-0.3, -0.25) is 4.79 Å². The molecule has 170 valence electrons. The zero-order valence-corrected chi connectivity index (χ0v) is 18.6. The lowest BCUT2D eigenvalue weighted by Gasteiger charge is -2.26. The first-order valence-corrected chi connectivity index (χ1v) is 10.9. The van der Waals surface area contributed by atoms with Crippen molar-refractivity contribution in [1.29, 1.82) is 5.26 Å². The molecule has 2 aromatic carbocycles. The Morgan fingerprint density at radius 2 is 1.94 bits per heavy atom. The molecule has 34 heavy (non-hydrogen) atoms. The van der Waals surface area contributed by atoms with Crippen LogP contribution < -0.4 is 4.74 Å². The number of carbonyl (C=O) groups excluding carboxylic acids is 1. The molecule has 0 spiro atoms. The number of nitrogens with zero attached hydrogens (tertiary/aromatic N) is 4. The van der Waals surface area contributed by atoms with Crippen LogP contribution in [0.4, 0.5) is 0 Å². The molecule has 0 radical (unpaired) electrons. The van der Waals surface area contributed by atoms with Gasteiger partial charge in [0.25, 0.3) is 5.91 Å². The lowest BCUT2D eigenvalue weighted by molar-refractivity contribution is -0.130. The quantitative estimate of drug-likeness (QED) is 0.334. The first-order chi connectivity index (χ1) is 16.7. The van der Waals surface area contributed by atoms with Gasteiger partial charge in [0.1, 0.15) is 17.3 Å². The molecule has 0 saturated carbocycles. The number of methoxy groups -OCH3 is 1. The highest BCUT2D eigenvalue weighted by Gasteiger charge is 2.23. The van der Waals surface area contributed by atoms with E-state index in [1.807, 2.05) is 54.6 Å². The number of fused-ring (bicyclic) bond motifs is 1. The second-order valence-corrected chi connectivity index (χ2v) is 7.78. The Morgan fingerprint density at radius 3 is 2.68 bits per heavy atom. The summed E-state index contributed by atoms with van der Waals surface area (Å²) in [6.45, 7) is 1.83. The smallest absolute Gasteiger partial charge is 0.264 e. The second-order valence-electron chi connectivity index (χ2n) is 7.78. The molecule has 1 fully saturated rings. The van der Waals surface area contributed by atoms with E-state index in [1.54, 1.807) is 29.0 Å². The van der Waals surface area contributed by atoms with E-state index in [4.69, 9.17) is 19.0 Å². The van der Waals surface area contributed by atoms with Crippen molar-refractivity contribution < 1.29 is 18.7 Å². The van der Waals surface area contributed by atoms with Crippen LogP contribution in [0.1, 0.15) is 5.56 Å². The van der Waals surface area contributed by atoms with Crippen molar-refractivity contribution >= 4 is 23.0 Å². The van der Waals surface area contributed by atoms with E-state index in [0.29, 0.717) is 54.7 Å². The van der Waals surface area contributed by atoms with Crippen LogP contribution in [0.3, 0.4) is 0 Å². The first-order valence-electron chi connectivity index (χ1n) is 10.9. The minimum Gasteiger partial charge on any atom is -0.493 e. The van der Waals surface area contributed by atoms with Crippen molar-refractivity contribution in [3.05, 3.63) is 71.9 Å². The van der Waals surface area contributed by atoms with E-state index in [9.17, 15) is 10.1 Å². The molecule has 1 saturated heterocycles. The van der Waals surface area contributed by atoms with E-state index >= 15 is 0 Å². The maximum absolute atomic E-state index is 13.0. The topological polar surface area (TPSA) is 93.5 Å². The largest absolute Gasteiger partial charge is 0.493 e. The third-order valence-corrected chi connectivity index (χ3v) is 5.67. The molecule has 1 aliphatic heterocycles. The second kappa shape index (κ2) is 9.25. The summed E-state index contributed by atoms with van der Waals surface area (Å²) >= 11 is 0. The van der Waals surface area contributed by atoms with E-state index in [0.717, 1.165) is 11.1 Å². The van der Waals surface area contributed by atoms with Gasteiger partial charge in [-0.05, 0) is 30.3 Å². The predicted molar refractivity (Wildman–Crippen MR) is 126 cm³/mol. The third-order valence-electron chi connectivity index (χ3n) is 5.67. The number of morpholine rings is 1. The molecule has 0 N–H and O–H groups in total. The van der Waals surface area contributed by atoms with Crippen LogP contribution in [0.5, 0.6) is 5.75 Å². The SMILES string of the molecule is COc1cccc2cc(-c3nn(-c4ccccc4)cc3/C=C(/C#N)C(=O)N3CCOCC3)oc12. The average molecular weight is 454 g/mol. The summed E-state index contributed by atoms with van der Waals surface area (Å²) in [5.74, 6) is 0.801. The Labute approximate surface area is 196 Å². The number of hydrogen-bond donors (Lipinski definition) is 0. The van der Waals surface area contributed by atoms with E-state index in [2.05, 4.69) is 6.07 Å². The summed E-state index contributed by atoms with van der Waals surface area (Å²) in [4.78, 5) is 14.6. The summed E-state index contributed by atoms with van der Waals surface area (Å²) in [5, 5.41) is 15.4. The van der Waals surface area contributed by atoms with Crippen LogP contribution >= 0.6 is 0 Å². The number of furan rings is 1. The summed E-state index contributed by atoms with van der Waals surface area (Å²) in [6.07, 6.45) is 3.36. The van der Waals surface area contributed by atoms with Crippen molar-refractivity contribution in [2.24, 2.45) is 0 Å². The number of benzene rings is 2. The molecule has 0 unspecified atom stereocenters. The number of aromatic nitrogens is 2. The molecule has 1 aliphatic rings. The van der Waals surface area contributed by atoms with Gasteiger partial charge >= 0.3 is 0 Å². The molecule has 8 heteroatoms. The predicted octanol–water partition coefficient (Wildman–Crippen LogP) is 4.06. The van der Waals surface area contributed by atoms with Gasteiger partial charge < -0.3 is 18.8 Å². The van der Waals surface area contributed by atoms with E-state index in [1.165, 1.54) is 0 Å². The Kier molecular flexibility index (Phi) is 5.85. The van der Waals surface area contributed by atoms with Crippen molar-refractivity contribution in [1.82, 2.24) is 14.7 Å². The Hall–Kier alpha value is -4.35. The third kappa shape index (κ3) is 4.05. The van der Waals surface area contributed by atoms with Crippen LogP contribution in [-0.2, 0) is 9.53 Å². The number of amides is 1. The monoisotopic (exact) mass is 454 g/mol. The normalized spacial score (nSPS) is 14.2. The summed E-state index contributed by atoms with van der Waals surface area (Å²) in [6, 6.07) is 19.2. The number of para-hydroxylation sites is 2. The lowest BCUT2D eigenvalue weighted by Crippen LogP contribution is -2.41. The van der Waals surface area contributed by atoms with Crippen molar-refractivity contribution in [3.63, 3.8) is 0 Å². The Bertz CT molecular complexity index is 1410. The van der Waals surface area contributed by atoms with Gasteiger partial charge in [0.15, 0.2) is 17.1 Å². The summed E-state index contributed by atoms with van der Waals surface area (Å²) in [5.41, 5.74) is 2.60. The highest BCUT2D eigenvalue weighted by molar-refractivity contribution is 6.02. The molecular weight excluding hydrogens is 432 g/mol. The molecular formula is C26H22N4O4. The highest BCUT2D eigenvalue weighted by atomic mass is 16.5. The van der Waals surface area contributed by atoms with Crippen molar-refractivity contribution in [3.8, 4) is 29.0 Å². The number of nitriles is 1. The highest BCUT2D eigenvalue weighted by Crippen LogP contribution is 2.35. The Morgan fingerprint density at radius 1 is 1.15 bits per heavy atom. The fraction of sp³-hybridized carbons (Fsp3) is 0.192. The maximum atomic E-state index is 13.0. The molecule has 0 bridgehead atoms. The van der Waals surface area contributed by atoms with Gasteiger partial charge in [-0.1, -0.05) is 30.3 Å². The fourth-order valence-corrected chi connectivity index (χ4v) is 3.95. The molecule has 2 aromatic heterocycles. The van der Waals surface area contributed by atoms with Crippen LogP contribution in [0.25, 0.3) is 34.2 Å². The minimum atomic E-state index is -0.324. The van der Waals surface area contributed by atoms with Crippen LogP contribution in [0, 0.1) is 11.3 Å². The number of rotatable bonds is 5. The molecule has 1 amide bonds. The molecule has 0 aliphatic carbocycles. The van der Waals surface area contributed by atoms with Crippen LogP contribution in [0.15, 0.2) is 70.8 Å². The standard InChI is InChI=1S/C26H22N4O4/c1-32-22-9-5-6-18-15-23(34-25(18)22)24-20(17-30(28-24)21-7-3-2-4-8-21)14-19(16-27)26(31)29-10-12-33-13-11-29/h2-9,14-15,17H,10-13H2,1H3/b19-14-. The van der Waals surface area contributed by atoms with Gasteiger partial charge in [0.05, 0.1) is 26.0 Å². The Balaban J connectivity index is 1.63. The number of carbonyl (C=O) groups is 1. The maximum Gasteiger partial charge on any atom is 0.264 e. The van der Waals surface area contributed by atoms with Gasteiger partial charge in [-0.2, -0.15) is 10.4 Å². The molecule has 5 rings (SSSR count). The van der Waals surface area contributed by atoms with Gasteiger partial charge in [0, 0.05) is 30.2 Å². The molecule has 3 heterocycles. The lowest BCUT2D eigenvalue weighted by atomic mass is 10.1. The van der Waals surface area contributed by atoms with E-state index < -0.39 is 0 Å². The zero-order chi connectivity index (χ0) is 23.5. The zero-order valence-electron chi connectivity index (χ0n) is 18.6. The molecule has 0 atom stereocenters. The van der Waals surface area contributed by atoms with Gasteiger partial charge in [-0.25, -0.2) is 4.68 Å². The molecule has 4 aromatic rings. The molecule has 8 nitrogen and oxygen atoms in total. The van der Waals surface area contributed by atoms with Crippen LogP contribution in [-0.4, -0.2) is 54.0 Å². The fourth-order valence-electron chi connectivity index (χ4n) is 3.95. The number of ether oxygens (including phenoxy) is 2. The summed E-state index contributed by atoms with van der Waals surface area (Å²) < 4.78 is 18.6. The summed E-state index contributed by atoms with van der Waals surface area (Å²) in [7, 11) is 1.59. The van der Waals surface area contributed by atoms with Crippen molar-refractivity contribution in [2.75, 3.05) is 33.4 Å². The van der Waals surface area contributed by atoms with Gasteiger partial charge in [-0.15, -0.1) is 0 Å².